The van der Waals surface area contributed by atoms with E-state index >= 15 is 0 Å². The van der Waals surface area contributed by atoms with E-state index in [0.717, 1.165) is 32.5 Å². The molecule has 0 aliphatic carbocycles. The summed E-state index contributed by atoms with van der Waals surface area (Å²) in [6.07, 6.45) is 5.81. The summed E-state index contributed by atoms with van der Waals surface area (Å²) < 4.78 is 5.43. The second-order valence-electron chi connectivity index (χ2n) is 5.05. The van der Waals surface area contributed by atoms with Crippen molar-refractivity contribution in [2.75, 3.05) is 33.7 Å². The fourth-order valence-electron chi connectivity index (χ4n) is 2.15. The number of hydrogen-bond donors (Lipinski definition) is 0. The molecule has 0 radical (unpaired) electrons. The number of unbranched alkanes of at least 4 members (excludes halogenated alkanes) is 2. The first-order chi connectivity index (χ1) is 8.13. The molecule has 0 aromatic heterocycles. The molecule has 1 rings (SSSR count). The fraction of sp³-hybridized carbons (Fsp3) is 0.923. The van der Waals surface area contributed by atoms with Crippen molar-refractivity contribution in [2.24, 2.45) is 0 Å². The highest BCUT2D eigenvalue weighted by Crippen LogP contribution is 2.14. The standard InChI is InChI=1S/C13H26N2O2/c1-4-5-6-9-15-10-7-8-12(11-15)17-13(16)14(2)3/h12H,4-11H2,1-3H3. The van der Waals surface area contributed by atoms with Gasteiger partial charge in [-0.3, -0.25) is 4.90 Å². The van der Waals surface area contributed by atoms with Crippen LogP contribution in [-0.2, 0) is 4.74 Å². The van der Waals surface area contributed by atoms with Crippen molar-refractivity contribution in [1.82, 2.24) is 9.80 Å². The molecule has 1 heterocycles. The molecule has 4 nitrogen and oxygen atoms in total. The van der Waals surface area contributed by atoms with Gasteiger partial charge >= 0.3 is 6.09 Å². The van der Waals surface area contributed by atoms with E-state index in [2.05, 4.69) is 11.8 Å². The van der Waals surface area contributed by atoms with Gasteiger partial charge in [0.15, 0.2) is 0 Å². The van der Waals surface area contributed by atoms with Crippen LogP contribution >= 0.6 is 0 Å². The molecular weight excluding hydrogens is 216 g/mol. The number of carbonyl (C=O) groups is 1. The van der Waals surface area contributed by atoms with Crippen LogP contribution in [-0.4, -0.2) is 55.7 Å². The quantitative estimate of drug-likeness (QED) is 0.694. The van der Waals surface area contributed by atoms with Gasteiger partial charge in [0.2, 0.25) is 0 Å². The molecule has 0 aromatic rings. The highest BCUT2D eigenvalue weighted by molar-refractivity contribution is 5.66. The number of hydrogen-bond acceptors (Lipinski definition) is 3. The number of rotatable bonds is 5. The van der Waals surface area contributed by atoms with Gasteiger partial charge in [0, 0.05) is 20.6 Å². The summed E-state index contributed by atoms with van der Waals surface area (Å²) in [6, 6.07) is 0. The molecule has 0 saturated carbocycles. The van der Waals surface area contributed by atoms with Crippen molar-refractivity contribution in [3.05, 3.63) is 0 Å². The van der Waals surface area contributed by atoms with Crippen molar-refractivity contribution in [3.63, 3.8) is 0 Å². The van der Waals surface area contributed by atoms with E-state index < -0.39 is 0 Å². The Hall–Kier alpha value is -0.770. The van der Waals surface area contributed by atoms with Gasteiger partial charge in [-0.05, 0) is 32.4 Å². The Balaban J connectivity index is 2.26. The van der Waals surface area contributed by atoms with Gasteiger partial charge in [-0.2, -0.15) is 0 Å². The van der Waals surface area contributed by atoms with E-state index in [0.29, 0.717) is 0 Å². The third-order valence-corrected chi connectivity index (χ3v) is 3.17. The van der Waals surface area contributed by atoms with Crippen LogP contribution in [0.3, 0.4) is 0 Å². The predicted molar refractivity (Wildman–Crippen MR) is 69.2 cm³/mol. The minimum atomic E-state index is -0.217. The summed E-state index contributed by atoms with van der Waals surface area (Å²) in [4.78, 5) is 15.4. The average Bonchev–Trinajstić information content (AvgIpc) is 2.30. The van der Waals surface area contributed by atoms with Gasteiger partial charge in [0.25, 0.3) is 0 Å². The van der Waals surface area contributed by atoms with Crippen LogP contribution in [0, 0.1) is 0 Å². The van der Waals surface area contributed by atoms with Crippen LogP contribution in [0.2, 0.25) is 0 Å². The minimum Gasteiger partial charge on any atom is -0.445 e. The molecule has 100 valence electrons. The van der Waals surface area contributed by atoms with Crippen molar-refractivity contribution >= 4 is 6.09 Å². The van der Waals surface area contributed by atoms with E-state index in [1.165, 1.54) is 24.2 Å². The summed E-state index contributed by atoms with van der Waals surface area (Å²) in [5.74, 6) is 0. The normalized spacial score (nSPS) is 21.2. The summed E-state index contributed by atoms with van der Waals surface area (Å²) >= 11 is 0. The number of ether oxygens (including phenoxy) is 1. The third kappa shape index (κ3) is 5.39. The minimum absolute atomic E-state index is 0.0836. The Labute approximate surface area is 105 Å². The Kier molecular flexibility index (Phi) is 6.34. The highest BCUT2D eigenvalue weighted by Gasteiger charge is 2.23. The fourth-order valence-corrected chi connectivity index (χ4v) is 2.15. The maximum Gasteiger partial charge on any atom is 0.409 e. The lowest BCUT2D eigenvalue weighted by molar-refractivity contribution is 0.0283. The Morgan fingerprint density at radius 1 is 1.41 bits per heavy atom. The van der Waals surface area contributed by atoms with Crippen molar-refractivity contribution in [1.29, 1.82) is 0 Å². The van der Waals surface area contributed by atoms with Crippen LogP contribution in [0.5, 0.6) is 0 Å². The second kappa shape index (κ2) is 7.54. The Morgan fingerprint density at radius 2 is 2.18 bits per heavy atom. The van der Waals surface area contributed by atoms with Crippen molar-refractivity contribution < 1.29 is 9.53 Å². The maximum atomic E-state index is 11.5. The summed E-state index contributed by atoms with van der Waals surface area (Å²) in [5, 5.41) is 0. The molecule has 1 unspecified atom stereocenters. The molecule has 1 saturated heterocycles. The molecule has 0 aromatic carbocycles. The first-order valence-corrected chi connectivity index (χ1v) is 6.73. The zero-order valence-electron chi connectivity index (χ0n) is 11.4. The maximum absolute atomic E-state index is 11.5. The predicted octanol–water partition coefficient (Wildman–Crippen LogP) is 2.34. The molecule has 1 fully saturated rings. The molecule has 0 spiro atoms. The SMILES string of the molecule is CCCCCN1CCCC(OC(=O)N(C)C)C1. The molecule has 1 amide bonds. The average molecular weight is 242 g/mol. The number of likely N-dealkylation sites (tertiary alicyclic amines) is 1. The molecule has 0 N–H and O–H groups in total. The van der Waals surface area contributed by atoms with Gasteiger partial charge in [0.05, 0.1) is 0 Å². The zero-order chi connectivity index (χ0) is 12.7. The molecule has 1 aliphatic rings. The number of amides is 1. The summed E-state index contributed by atoms with van der Waals surface area (Å²) in [7, 11) is 3.45. The van der Waals surface area contributed by atoms with Crippen LogP contribution in [0.1, 0.15) is 39.0 Å². The van der Waals surface area contributed by atoms with Gasteiger partial charge in [-0.15, -0.1) is 0 Å². The van der Waals surface area contributed by atoms with Crippen molar-refractivity contribution in [3.8, 4) is 0 Å². The van der Waals surface area contributed by atoms with Gasteiger partial charge in [-0.1, -0.05) is 19.8 Å². The molecule has 1 aliphatic heterocycles. The lowest BCUT2D eigenvalue weighted by Gasteiger charge is -2.32. The van der Waals surface area contributed by atoms with Gasteiger partial charge in [-0.25, -0.2) is 4.79 Å². The van der Waals surface area contributed by atoms with Gasteiger partial charge in [0.1, 0.15) is 6.10 Å². The van der Waals surface area contributed by atoms with Crippen LogP contribution < -0.4 is 0 Å². The second-order valence-corrected chi connectivity index (χ2v) is 5.05. The van der Waals surface area contributed by atoms with Crippen molar-refractivity contribution in [2.45, 2.75) is 45.1 Å². The molecule has 4 heteroatoms. The smallest absolute Gasteiger partial charge is 0.409 e. The lowest BCUT2D eigenvalue weighted by atomic mass is 10.1. The zero-order valence-corrected chi connectivity index (χ0v) is 11.4. The number of carbonyl (C=O) groups excluding carboxylic acids is 1. The Bertz CT molecular complexity index is 231. The first kappa shape index (κ1) is 14.3. The van der Waals surface area contributed by atoms with E-state index in [4.69, 9.17) is 4.74 Å². The van der Waals surface area contributed by atoms with E-state index in [1.807, 2.05) is 0 Å². The number of nitrogens with zero attached hydrogens (tertiary/aromatic N) is 2. The van der Waals surface area contributed by atoms with E-state index in [9.17, 15) is 4.79 Å². The Morgan fingerprint density at radius 3 is 2.82 bits per heavy atom. The molecule has 0 bridgehead atoms. The largest absolute Gasteiger partial charge is 0.445 e. The van der Waals surface area contributed by atoms with Crippen LogP contribution in [0.4, 0.5) is 4.79 Å². The van der Waals surface area contributed by atoms with Crippen LogP contribution in [0.15, 0.2) is 0 Å². The molecule has 17 heavy (non-hydrogen) atoms. The van der Waals surface area contributed by atoms with Crippen LogP contribution in [0.25, 0.3) is 0 Å². The molecular formula is C13H26N2O2. The van der Waals surface area contributed by atoms with E-state index in [-0.39, 0.29) is 12.2 Å². The molecule has 1 atom stereocenters. The monoisotopic (exact) mass is 242 g/mol. The number of piperidine rings is 1. The lowest BCUT2D eigenvalue weighted by Crippen LogP contribution is -2.42. The highest BCUT2D eigenvalue weighted by atomic mass is 16.6. The summed E-state index contributed by atoms with van der Waals surface area (Å²) in [6.45, 7) is 5.42. The first-order valence-electron chi connectivity index (χ1n) is 6.73. The van der Waals surface area contributed by atoms with E-state index in [1.54, 1.807) is 14.1 Å². The van der Waals surface area contributed by atoms with Gasteiger partial charge < -0.3 is 9.64 Å². The third-order valence-electron chi connectivity index (χ3n) is 3.17. The summed E-state index contributed by atoms with van der Waals surface area (Å²) in [5.41, 5.74) is 0. The topological polar surface area (TPSA) is 32.8 Å².